The molecule has 0 aliphatic heterocycles. The van der Waals surface area contributed by atoms with E-state index in [1.807, 2.05) is 0 Å². The van der Waals surface area contributed by atoms with E-state index in [4.69, 9.17) is 0 Å². The van der Waals surface area contributed by atoms with E-state index in [1.54, 1.807) is 0 Å². The normalized spacial score (nSPS) is 11.7. The molecule has 0 atom stereocenters. The van der Waals surface area contributed by atoms with Crippen LogP contribution in [0.25, 0.3) is 33.3 Å². The zero-order valence-corrected chi connectivity index (χ0v) is 19.2. The zero-order chi connectivity index (χ0) is 17.0. The summed E-state index contributed by atoms with van der Waals surface area (Å²) in [7, 11) is 4.41. The summed E-state index contributed by atoms with van der Waals surface area (Å²) in [5, 5.41) is 2.79. The minimum absolute atomic E-state index is 0.718. The molecule has 0 unspecified atom stereocenters. The Morgan fingerprint density at radius 1 is 1.08 bits per heavy atom. The fourth-order valence-electron chi connectivity index (χ4n) is 4.03. The quantitative estimate of drug-likeness (QED) is 0.289. The summed E-state index contributed by atoms with van der Waals surface area (Å²) in [4.78, 5) is 0. The van der Waals surface area contributed by atoms with Crippen molar-refractivity contribution in [3.63, 3.8) is 0 Å². The summed E-state index contributed by atoms with van der Waals surface area (Å²) in [6.45, 7) is 4.48. The molecule has 0 aliphatic rings. The first-order valence-electron chi connectivity index (χ1n) is 8.38. The third kappa shape index (κ3) is 2.02. The number of para-hydroxylation sites is 2. The predicted octanol–water partition coefficient (Wildman–Crippen LogP) is 2.89. The van der Waals surface area contributed by atoms with E-state index >= 15 is 0 Å². The molecule has 2 heterocycles. The van der Waals surface area contributed by atoms with Crippen LogP contribution >= 0.6 is 0 Å². The number of aromatic nitrogens is 3. The van der Waals surface area contributed by atoms with Gasteiger partial charge in [0.15, 0.2) is 0 Å². The second kappa shape index (κ2) is 5.70. The molecule has 4 rings (SSSR count). The Morgan fingerprint density at radius 2 is 1.83 bits per heavy atom. The van der Waals surface area contributed by atoms with Crippen molar-refractivity contribution in [2.24, 2.45) is 14.1 Å². The van der Waals surface area contributed by atoms with Crippen LogP contribution in [-0.2, 0) is 20.5 Å². The van der Waals surface area contributed by atoms with Crippen molar-refractivity contribution in [2.75, 3.05) is 0 Å². The first kappa shape index (κ1) is 15.8. The standard InChI is InChI=1S/C20H21N3.Bi.2H/c1-5-16-18-13(2)9-8-10-14(18)19(22(16)3)20-21-15-11-6-7-12-17(15)23(20)4;;;/h6-12H,5H2,1-4H3;;;/q;+1;;. The van der Waals surface area contributed by atoms with Crippen LogP contribution in [0.5, 0.6) is 0 Å². The SMILES string of the molecule is CCc1c2c(C)cccc2c(-c2[n]([BiH2])c3ccccc3[n+]2C)n1C. The van der Waals surface area contributed by atoms with Crippen molar-refractivity contribution in [3.8, 4) is 11.5 Å². The Labute approximate surface area is 157 Å². The van der Waals surface area contributed by atoms with Crippen molar-refractivity contribution in [3.05, 3.63) is 53.7 Å². The van der Waals surface area contributed by atoms with Gasteiger partial charge < -0.3 is 0 Å². The molecule has 2 aromatic carbocycles. The number of hydrogen-bond acceptors (Lipinski definition) is 0. The molecule has 4 heteroatoms. The molecular weight excluding hydrogens is 491 g/mol. The molecule has 24 heavy (non-hydrogen) atoms. The molecule has 0 fully saturated rings. The van der Waals surface area contributed by atoms with Crippen LogP contribution in [0.4, 0.5) is 0 Å². The molecule has 0 radical (unpaired) electrons. The van der Waals surface area contributed by atoms with Gasteiger partial charge in [-0.3, -0.25) is 0 Å². The van der Waals surface area contributed by atoms with Gasteiger partial charge in [-0.15, -0.1) is 0 Å². The van der Waals surface area contributed by atoms with E-state index in [1.165, 1.54) is 44.6 Å². The van der Waals surface area contributed by atoms with Crippen LogP contribution in [0, 0.1) is 6.92 Å². The molecule has 0 aliphatic carbocycles. The van der Waals surface area contributed by atoms with Crippen LogP contribution in [0.3, 0.4) is 0 Å². The van der Waals surface area contributed by atoms with Crippen LogP contribution in [0.15, 0.2) is 42.5 Å². The Morgan fingerprint density at radius 3 is 2.54 bits per heavy atom. The maximum absolute atomic E-state index is 2.48. The van der Waals surface area contributed by atoms with Gasteiger partial charge in [-0.05, 0) is 0 Å². The number of aryl methyl sites for hydroxylation is 3. The van der Waals surface area contributed by atoms with E-state index in [9.17, 15) is 0 Å². The number of benzene rings is 2. The molecule has 0 saturated heterocycles. The molecule has 0 bridgehead atoms. The molecule has 3 nitrogen and oxygen atoms in total. The number of nitrogens with zero attached hydrogens (tertiary/aromatic N) is 3. The van der Waals surface area contributed by atoms with Crippen molar-refractivity contribution >= 4 is 46.8 Å². The van der Waals surface area contributed by atoms with Gasteiger partial charge in [0.2, 0.25) is 0 Å². The van der Waals surface area contributed by atoms with Gasteiger partial charge in [0.25, 0.3) is 0 Å². The summed E-state index contributed by atoms with van der Waals surface area (Å²) >= 11 is 0.718. The number of rotatable bonds is 2. The van der Waals surface area contributed by atoms with Crippen molar-refractivity contribution < 1.29 is 4.57 Å². The fourth-order valence-corrected chi connectivity index (χ4v) is 6.03. The third-order valence-electron chi connectivity index (χ3n) is 5.15. The third-order valence-corrected chi connectivity index (χ3v) is 7.18. The second-order valence-electron chi connectivity index (χ2n) is 6.45. The summed E-state index contributed by atoms with van der Waals surface area (Å²) in [5.74, 6) is 1.32. The van der Waals surface area contributed by atoms with Gasteiger partial charge >= 0.3 is 158 Å². The minimum atomic E-state index is 0.718. The maximum atomic E-state index is 2.48. The monoisotopic (exact) mass is 514 g/mol. The molecule has 4 aromatic rings. The Hall–Kier alpha value is -1.67. The number of imidazole rings is 1. The van der Waals surface area contributed by atoms with Gasteiger partial charge in [0.1, 0.15) is 0 Å². The van der Waals surface area contributed by atoms with E-state index in [0.29, 0.717) is 0 Å². The van der Waals surface area contributed by atoms with Crippen molar-refractivity contribution in [1.82, 2.24) is 7.08 Å². The molecule has 0 saturated carbocycles. The van der Waals surface area contributed by atoms with Gasteiger partial charge in [-0.1, -0.05) is 0 Å². The van der Waals surface area contributed by atoms with Gasteiger partial charge in [-0.25, -0.2) is 0 Å². The first-order chi connectivity index (χ1) is 11.6. The predicted molar refractivity (Wildman–Crippen MR) is 103 cm³/mol. The Bertz CT molecular complexity index is 1050. The van der Waals surface area contributed by atoms with Crippen LogP contribution in [-0.4, -0.2) is 32.1 Å². The first-order valence-corrected chi connectivity index (χ1v) is 10.4. The molecular formula is C20H23BiN3+. The van der Waals surface area contributed by atoms with Crippen LogP contribution in [0.1, 0.15) is 18.2 Å². The van der Waals surface area contributed by atoms with E-state index in [-0.39, 0.29) is 0 Å². The Balaban J connectivity index is 2.20. The summed E-state index contributed by atoms with van der Waals surface area (Å²) in [6.07, 6.45) is 1.05. The zero-order valence-electron chi connectivity index (χ0n) is 14.7. The van der Waals surface area contributed by atoms with Crippen LogP contribution < -0.4 is 4.57 Å². The molecule has 0 N–H and O–H groups in total. The molecule has 2 aromatic heterocycles. The summed E-state index contributed by atoms with van der Waals surface area (Å²) in [6, 6.07) is 15.4. The average Bonchev–Trinajstić information content (AvgIpc) is 3.00. The summed E-state index contributed by atoms with van der Waals surface area (Å²) < 4.78 is 7.24. The molecule has 122 valence electrons. The average molecular weight is 514 g/mol. The van der Waals surface area contributed by atoms with Crippen LogP contribution in [0.2, 0.25) is 0 Å². The number of fused-ring (bicyclic) bond motifs is 2. The summed E-state index contributed by atoms with van der Waals surface area (Å²) in [5.41, 5.74) is 6.77. The second-order valence-corrected chi connectivity index (χ2v) is 8.45. The van der Waals surface area contributed by atoms with E-state index in [0.717, 1.165) is 31.4 Å². The van der Waals surface area contributed by atoms with E-state index in [2.05, 4.69) is 82.1 Å². The topological polar surface area (TPSA) is 13.7 Å². The van der Waals surface area contributed by atoms with Crippen molar-refractivity contribution in [2.45, 2.75) is 20.3 Å². The Kier molecular flexibility index (Phi) is 3.76. The molecule has 0 spiro atoms. The van der Waals surface area contributed by atoms with E-state index < -0.39 is 0 Å². The van der Waals surface area contributed by atoms with Gasteiger partial charge in [0, 0.05) is 0 Å². The van der Waals surface area contributed by atoms with Crippen molar-refractivity contribution in [1.29, 1.82) is 0 Å². The van der Waals surface area contributed by atoms with Gasteiger partial charge in [-0.2, -0.15) is 0 Å². The molecule has 0 amide bonds. The van der Waals surface area contributed by atoms with Gasteiger partial charge in [0.05, 0.1) is 0 Å². The fraction of sp³-hybridized carbons (Fsp3) is 0.250. The number of hydrogen-bond donors (Lipinski definition) is 0.